The Hall–Kier alpha value is -3.64. The zero-order valence-electron chi connectivity index (χ0n) is 19.9. The van der Waals surface area contributed by atoms with Gasteiger partial charge in [-0.3, -0.25) is 9.69 Å². The van der Waals surface area contributed by atoms with Gasteiger partial charge in [-0.05, 0) is 48.6 Å². The summed E-state index contributed by atoms with van der Waals surface area (Å²) in [6, 6.07) is 14.1. The summed E-state index contributed by atoms with van der Waals surface area (Å²) in [5, 5.41) is 5.22. The van der Waals surface area contributed by atoms with Gasteiger partial charge >= 0.3 is 6.18 Å². The Balaban J connectivity index is 1.19. The van der Waals surface area contributed by atoms with E-state index in [2.05, 4.69) is 10.00 Å². The molecule has 0 atom stereocenters. The Morgan fingerprint density at radius 3 is 2.46 bits per heavy atom. The molecule has 0 amide bonds. The van der Waals surface area contributed by atoms with Crippen LogP contribution in [0.4, 0.5) is 18.9 Å². The molecule has 2 aromatic heterocycles. The van der Waals surface area contributed by atoms with Crippen molar-refractivity contribution in [3.8, 4) is 5.75 Å². The van der Waals surface area contributed by atoms with Gasteiger partial charge in [-0.1, -0.05) is 12.1 Å². The molecule has 8 nitrogen and oxygen atoms in total. The lowest BCUT2D eigenvalue weighted by Crippen LogP contribution is -2.47. The second-order valence-corrected chi connectivity index (χ2v) is 9.11. The number of fused-ring (bicyclic) bond motifs is 1. The molecule has 0 aliphatic carbocycles. The number of para-hydroxylation sites is 1. The smallest absolute Gasteiger partial charge is 0.416 e. The van der Waals surface area contributed by atoms with Gasteiger partial charge in [0, 0.05) is 50.4 Å². The second kappa shape index (κ2) is 10.0. The lowest BCUT2D eigenvalue weighted by atomic mass is 10.1. The average Bonchev–Trinajstić information content (AvgIpc) is 3.24. The molecule has 0 saturated carbocycles. The Bertz CT molecular complexity index is 1520. The number of rotatable bonds is 6. The molecule has 1 fully saturated rings. The highest BCUT2D eigenvalue weighted by Gasteiger charge is 2.30. The van der Waals surface area contributed by atoms with Crippen LogP contribution in [-0.4, -0.2) is 45.4 Å². The summed E-state index contributed by atoms with van der Waals surface area (Å²) in [5.74, 6) is 0.729. The van der Waals surface area contributed by atoms with Crippen molar-refractivity contribution >= 4 is 28.8 Å². The number of aryl methyl sites for hydroxylation is 1. The van der Waals surface area contributed by atoms with Crippen molar-refractivity contribution in [2.75, 3.05) is 31.1 Å². The molecule has 1 saturated heterocycles. The maximum atomic E-state index is 12.8. The number of hydrogen-bond donors (Lipinski definition) is 0. The molecule has 1 aliphatic heterocycles. The summed E-state index contributed by atoms with van der Waals surface area (Å²) in [4.78, 5) is 16.7. The highest BCUT2D eigenvalue weighted by atomic mass is 32.1. The number of anilines is 1. The first kappa shape index (κ1) is 25.0. The van der Waals surface area contributed by atoms with Crippen LogP contribution in [0.5, 0.6) is 5.75 Å². The number of benzene rings is 2. The molecule has 0 spiro atoms. The zero-order valence-corrected chi connectivity index (χ0v) is 20.8. The molecule has 0 bridgehead atoms. The molecule has 37 heavy (non-hydrogen) atoms. The first-order valence-corrected chi connectivity index (χ1v) is 12.0. The molecule has 5 rings (SSSR count). The van der Waals surface area contributed by atoms with Crippen molar-refractivity contribution in [1.29, 1.82) is 0 Å². The summed E-state index contributed by atoms with van der Waals surface area (Å²) in [6.45, 7) is 3.10. The van der Waals surface area contributed by atoms with E-state index in [0.29, 0.717) is 38.6 Å². The van der Waals surface area contributed by atoms with E-state index in [-0.39, 0.29) is 22.9 Å². The van der Waals surface area contributed by atoms with Crippen LogP contribution in [0.1, 0.15) is 11.5 Å². The van der Waals surface area contributed by atoms with Crippen LogP contribution in [0.2, 0.25) is 0 Å². The first-order chi connectivity index (χ1) is 17.7. The summed E-state index contributed by atoms with van der Waals surface area (Å²) in [6.07, 6.45) is -4.34. The molecule has 2 aromatic carbocycles. The predicted octanol–water partition coefficient (Wildman–Crippen LogP) is 4.43. The van der Waals surface area contributed by atoms with Crippen molar-refractivity contribution < 1.29 is 22.3 Å². The highest BCUT2D eigenvalue weighted by Crippen LogP contribution is 2.30. The highest BCUT2D eigenvalue weighted by molar-refractivity contribution is 7.71. The molecule has 3 heterocycles. The van der Waals surface area contributed by atoms with E-state index in [1.165, 1.54) is 18.2 Å². The molecule has 12 heteroatoms. The van der Waals surface area contributed by atoms with Crippen LogP contribution in [-0.2, 0) is 26.5 Å². The van der Waals surface area contributed by atoms with Gasteiger partial charge < -0.3 is 18.6 Å². The van der Waals surface area contributed by atoms with Gasteiger partial charge in [-0.15, -0.1) is 5.10 Å². The van der Waals surface area contributed by atoms with Crippen molar-refractivity contribution in [3.63, 3.8) is 0 Å². The van der Waals surface area contributed by atoms with Crippen LogP contribution in [0.3, 0.4) is 0 Å². The molecule has 194 valence electrons. The second-order valence-electron chi connectivity index (χ2n) is 8.76. The monoisotopic (exact) mass is 531 g/mol. The van der Waals surface area contributed by atoms with Crippen molar-refractivity contribution in [2.24, 2.45) is 7.05 Å². The topological polar surface area (TPSA) is 68.7 Å². The first-order valence-electron chi connectivity index (χ1n) is 11.6. The number of pyridine rings is 1. The van der Waals surface area contributed by atoms with Gasteiger partial charge in [0.2, 0.25) is 0 Å². The number of alkyl halides is 3. The fourth-order valence-corrected chi connectivity index (χ4v) is 4.53. The Morgan fingerprint density at radius 1 is 1.05 bits per heavy atom. The van der Waals surface area contributed by atoms with Gasteiger partial charge in [0.25, 0.3) is 16.3 Å². The molecular formula is C25H24F3N5O3S. The van der Waals surface area contributed by atoms with E-state index in [9.17, 15) is 18.0 Å². The van der Waals surface area contributed by atoms with Crippen molar-refractivity contribution in [1.82, 2.24) is 19.2 Å². The third-order valence-corrected chi connectivity index (χ3v) is 6.68. The number of hydrogen-bond acceptors (Lipinski definition) is 7. The molecule has 1 aliphatic rings. The third-order valence-electron chi connectivity index (χ3n) is 6.38. The number of aromatic nitrogens is 3. The van der Waals surface area contributed by atoms with Gasteiger partial charge in [0.1, 0.15) is 5.75 Å². The van der Waals surface area contributed by atoms with Crippen LogP contribution in [0.25, 0.3) is 10.9 Å². The minimum atomic E-state index is -4.34. The quantitative estimate of drug-likeness (QED) is 0.341. The Kier molecular flexibility index (Phi) is 6.78. The van der Waals surface area contributed by atoms with E-state index in [4.69, 9.17) is 21.4 Å². The number of ether oxygens (including phenoxy) is 1. The van der Waals surface area contributed by atoms with Crippen molar-refractivity contribution in [3.05, 3.63) is 81.2 Å². The van der Waals surface area contributed by atoms with Crippen LogP contribution < -0.4 is 15.2 Å². The maximum Gasteiger partial charge on any atom is 0.416 e. The number of halogens is 3. The summed E-state index contributed by atoms with van der Waals surface area (Å²) in [5.41, 5.74) is 0.675. The lowest BCUT2D eigenvalue weighted by Gasteiger charge is -2.35. The van der Waals surface area contributed by atoms with Crippen molar-refractivity contribution in [2.45, 2.75) is 19.5 Å². The number of nitrogens with zero attached hydrogens (tertiary/aromatic N) is 5. The van der Waals surface area contributed by atoms with Crippen LogP contribution >= 0.6 is 12.2 Å². The summed E-state index contributed by atoms with van der Waals surface area (Å²) < 4.78 is 53.1. The van der Waals surface area contributed by atoms with E-state index in [0.717, 1.165) is 28.7 Å². The van der Waals surface area contributed by atoms with E-state index >= 15 is 0 Å². The predicted molar refractivity (Wildman–Crippen MR) is 134 cm³/mol. The van der Waals surface area contributed by atoms with E-state index < -0.39 is 11.7 Å². The van der Waals surface area contributed by atoms with Gasteiger partial charge in [-0.25, -0.2) is 4.68 Å². The molecule has 4 aromatic rings. The van der Waals surface area contributed by atoms with E-state index in [1.807, 2.05) is 29.2 Å². The molecule has 0 N–H and O–H groups in total. The largest absolute Gasteiger partial charge is 0.483 e. The van der Waals surface area contributed by atoms with E-state index in [1.54, 1.807) is 16.3 Å². The lowest BCUT2D eigenvalue weighted by molar-refractivity contribution is -0.137. The SMILES string of the molecule is Cn1c(=O)cc(OCc2nn(CN3CCN(c4ccc(C(F)(F)F)cc4)CC3)c(=S)o2)c2ccccc21. The minimum Gasteiger partial charge on any atom is -0.483 e. The minimum absolute atomic E-state index is 0.00943. The standard InChI is InChI=1S/C25H24F3N5O3S/c1-30-20-5-3-2-4-19(20)21(14-23(30)34)35-15-22-29-33(24(37)36-22)16-31-10-12-32(13-11-31)18-8-6-17(7-9-18)25(26,27)28/h2-9,14H,10-13,15-16H2,1H3. The third kappa shape index (κ3) is 5.39. The average molecular weight is 532 g/mol. The molecular weight excluding hydrogens is 507 g/mol. The van der Waals surface area contributed by atoms with Gasteiger partial charge in [-0.2, -0.15) is 13.2 Å². The number of piperazine rings is 1. The fourth-order valence-electron chi connectivity index (χ4n) is 4.33. The molecule has 0 radical (unpaired) electrons. The van der Waals surface area contributed by atoms with Crippen LogP contribution in [0.15, 0.2) is 63.8 Å². The maximum absolute atomic E-state index is 12.8. The Morgan fingerprint density at radius 2 is 1.76 bits per heavy atom. The summed E-state index contributed by atoms with van der Waals surface area (Å²) >= 11 is 5.32. The van der Waals surface area contributed by atoms with Gasteiger partial charge in [0.05, 0.1) is 17.7 Å². The van der Waals surface area contributed by atoms with Crippen LogP contribution in [0, 0.1) is 4.84 Å². The zero-order chi connectivity index (χ0) is 26.2. The normalized spacial score (nSPS) is 14.9. The van der Waals surface area contributed by atoms with Gasteiger partial charge in [0.15, 0.2) is 6.61 Å². The summed E-state index contributed by atoms with van der Waals surface area (Å²) in [7, 11) is 1.71. The fraction of sp³-hybridized carbons (Fsp3) is 0.320. The molecule has 0 unspecified atom stereocenters. The Labute approximate surface area is 215 Å².